The molecule has 158 valence electrons. The predicted octanol–water partition coefficient (Wildman–Crippen LogP) is 4.45. The second kappa shape index (κ2) is 8.40. The lowest BCUT2D eigenvalue weighted by molar-refractivity contribution is 0.415. The largest absolute Gasteiger partial charge is 0.497 e. The second-order valence-corrected chi connectivity index (χ2v) is 9.24. The first-order valence-corrected chi connectivity index (χ1v) is 11.5. The van der Waals surface area contributed by atoms with E-state index in [1.54, 1.807) is 47.0 Å². The van der Waals surface area contributed by atoms with Crippen LogP contribution in [0.4, 0.5) is 0 Å². The van der Waals surface area contributed by atoms with Crippen molar-refractivity contribution < 1.29 is 13.2 Å². The van der Waals surface area contributed by atoms with Gasteiger partial charge in [-0.2, -0.15) is 0 Å². The summed E-state index contributed by atoms with van der Waals surface area (Å²) in [5.74, 6) is 0.498. The number of hydrogen-bond donors (Lipinski definition) is 0. The maximum Gasteiger partial charge on any atom is 0.211 e. The lowest BCUT2D eigenvalue weighted by atomic mass is 10.1. The van der Waals surface area contributed by atoms with Gasteiger partial charge in [-0.3, -0.25) is 4.79 Å². The van der Waals surface area contributed by atoms with Gasteiger partial charge in [0.1, 0.15) is 10.6 Å². The Morgan fingerprint density at radius 3 is 2.26 bits per heavy atom. The Kier molecular flexibility index (Phi) is 5.65. The number of hydrogen-bond acceptors (Lipinski definition) is 4. The van der Waals surface area contributed by atoms with Gasteiger partial charge >= 0.3 is 0 Å². The lowest BCUT2D eigenvalue weighted by Gasteiger charge is -2.15. The molecule has 4 rings (SSSR count). The molecule has 0 saturated heterocycles. The van der Waals surface area contributed by atoms with Crippen LogP contribution in [0.5, 0.6) is 5.75 Å². The summed E-state index contributed by atoms with van der Waals surface area (Å²) in [5.41, 5.74) is 2.15. The van der Waals surface area contributed by atoms with E-state index in [1.165, 1.54) is 13.3 Å². The van der Waals surface area contributed by atoms with E-state index < -0.39 is 15.3 Å². The summed E-state index contributed by atoms with van der Waals surface area (Å²) in [6.07, 6.45) is 2.26. The molecule has 4 aromatic rings. The molecule has 0 bridgehead atoms. The third-order valence-corrected chi connectivity index (χ3v) is 7.14. The van der Waals surface area contributed by atoms with Crippen molar-refractivity contribution in [1.29, 1.82) is 0 Å². The Morgan fingerprint density at radius 2 is 1.61 bits per heavy atom. The fourth-order valence-electron chi connectivity index (χ4n) is 3.61. The quantitative estimate of drug-likeness (QED) is 0.451. The molecule has 31 heavy (non-hydrogen) atoms. The third-order valence-electron chi connectivity index (χ3n) is 5.38. The van der Waals surface area contributed by atoms with Crippen LogP contribution in [0.2, 0.25) is 0 Å². The number of pyridine rings is 1. The van der Waals surface area contributed by atoms with Crippen molar-refractivity contribution >= 4 is 20.7 Å². The van der Waals surface area contributed by atoms with Crippen LogP contribution in [0, 0.1) is 0 Å². The van der Waals surface area contributed by atoms with Crippen LogP contribution in [0.25, 0.3) is 10.9 Å². The van der Waals surface area contributed by atoms with Crippen LogP contribution in [0.15, 0.2) is 93.6 Å². The molecule has 0 aliphatic heterocycles. The van der Waals surface area contributed by atoms with E-state index in [-0.39, 0.29) is 9.79 Å². The Bertz CT molecular complexity index is 1390. The smallest absolute Gasteiger partial charge is 0.211 e. The van der Waals surface area contributed by atoms with Gasteiger partial charge in [0.25, 0.3) is 0 Å². The van der Waals surface area contributed by atoms with E-state index in [9.17, 15) is 13.2 Å². The van der Waals surface area contributed by atoms with Crippen LogP contribution in [0.1, 0.15) is 18.1 Å². The number of benzene rings is 3. The highest BCUT2D eigenvalue weighted by Crippen LogP contribution is 2.25. The zero-order valence-electron chi connectivity index (χ0n) is 17.4. The van der Waals surface area contributed by atoms with Crippen LogP contribution < -0.4 is 10.2 Å². The molecule has 1 aromatic heterocycles. The van der Waals surface area contributed by atoms with Crippen molar-refractivity contribution in [2.75, 3.05) is 7.11 Å². The van der Waals surface area contributed by atoms with Crippen molar-refractivity contribution in [2.24, 2.45) is 0 Å². The molecule has 3 aromatic carbocycles. The second-order valence-electron chi connectivity index (χ2n) is 7.32. The van der Waals surface area contributed by atoms with Crippen LogP contribution in [0.3, 0.4) is 0 Å². The topological polar surface area (TPSA) is 65.4 Å². The summed E-state index contributed by atoms with van der Waals surface area (Å²) in [4.78, 5) is 13.2. The van der Waals surface area contributed by atoms with Crippen LogP contribution in [-0.2, 0) is 22.8 Å². The molecular weight excluding hydrogens is 410 g/mol. The van der Waals surface area contributed by atoms with Gasteiger partial charge in [-0.15, -0.1) is 0 Å². The van der Waals surface area contributed by atoms with Gasteiger partial charge in [-0.05, 0) is 47.9 Å². The van der Waals surface area contributed by atoms with Gasteiger partial charge in [-0.25, -0.2) is 8.42 Å². The Balaban J connectivity index is 1.95. The summed E-state index contributed by atoms with van der Waals surface area (Å²) in [5, 5.41) is 0.307. The highest BCUT2D eigenvalue weighted by molar-refractivity contribution is 7.91. The van der Waals surface area contributed by atoms with Crippen molar-refractivity contribution in [3.63, 3.8) is 0 Å². The molecule has 0 aliphatic carbocycles. The van der Waals surface area contributed by atoms with Crippen LogP contribution in [-0.4, -0.2) is 20.1 Å². The van der Waals surface area contributed by atoms with E-state index in [0.717, 1.165) is 17.5 Å². The minimum absolute atomic E-state index is 0.107. The summed E-state index contributed by atoms with van der Waals surface area (Å²) in [6, 6.07) is 21.5. The Labute approximate surface area is 181 Å². The molecule has 0 fully saturated rings. The molecule has 0 N–H and O–H groups in total. The summed E-state index contributed by atoms with van der Waals surface area (Å²) in [7, 11) is -2.48. The fraction of sp³-hybridized carbons (Fsp3) is 0.160. The number of aryl methyl sites for hydroxylation is 1. The lowest BCUT2D eigenvalue weighted by Crippen LogP contribution is -2.19. The van der Waals surface area contributed by atoms with E-state index in [4.69, 9.17) is 4.74 Å². The molecule has 6 heteroatoms. The summed E-state index contributed by atoms with van der Waals surface area (Å²) < 4.78 is 33.9. The van der Waals surface area contributed by atoms with Crippen molar-refractivity contribution in [1.82, 2.24) is 4.57 Å². The Morgan fingerprint density at radius 1 is 0.903 bits per heavy atom. The highest BCUT2D eigenvalue weighted by Gasteiger charge is 2.24. The highest BCUT2D eigenvalue weighted by atomic mass is 32.2. The normalized spacial score (nSPS) is 11.5. The first kappa shape index (κ1) is 20.9. The number of sulfone groups is 1. The van der Waals surface area contributed by atoms with E-state index in [2.05, 4.69) is 0 Å². The first-order chi connectivity index (χ1) is 14.9. The fourth-order valence-corrected chi connectivity index (χ4v) is 4.98. The average Bonchev–Trinajstić information content (AvgIpc) is 2.81. The zero-order valence-corrected chi connectivity index (χ0v) is 18.2. The summed E-state index contributed by atoms with van der Waals surface area (Å²) in [6.45, 7) is 2.43. The molecule has 0 spiro atoms. The SMILES string of the molecule is CCc1ccc(S(=O)(=O)c2cn(Cc3ccccc3)c3ccc(OC)cc3c2=O)cc1. The minimum atomic E-state index is -3.99. The zero-order chi connectivity index (χ0) is 22.0. The average molecular weight is 434 g/mol. The van der Waals surface area contributed by atoms with E-state index >= 15 is 0 Å². The minimum Gasteiger partial charge on any atom is -0.497 e. The number of rotatable bonds is 6. The molecular formula is C25H23NO4S. The van der Waals surface area contributed by atoms with Gasteiger partial charge in [0, 0.05) is 12.7 Å². The molecule has 0 unspecified atom stereocenters. The van der Waals surface area contributed by atoms with Gasteiger partial charge in [0.15, 0.2) is 0 Å². The molecule has 0 aliphatic rings. The predicted molar refractivity (Wildman–Crippen MR) is 122 cm³/mol. The van der Waals surface area contributed by atoms with Crippen molar-refractivity contribution in [3.8, 4) is 5.75 Å². The number of methoxy groups -OCH3 is 1. The maximum atomic E-state index is 13.4. The number of nitrogens with zero attached hydrogens (tertiary/aromatic N) is 1. The van der Waals surface area contributed by atoms with Gasteiger partial charge in [0.05, 0.1) is 22.9 Å². The van der Waals surface area contributed by atoms with Crippen molar-refractivity contribution in [3.05, 3.63) is 100 Å². The van der Waals surface area contributed by atoms with Gasteiger partial charge < -0.3 is 9.30 Å². The van der Waals surface area contributed by atoms with Crippen LogP contribution >= 0.6 is 0 Å². The molecule has 0 radical (unpaired) electrons. The number of fused-ring (bicyclic) bond motifs is 1. The monoisotopic (exact) mass is 433 g/mol. The van der Waals surface area contributed by atoms with Gasteiger partial charge in [-0.1, -0.05) is 49.4 Å². The van der Waals surface area contributed by atoms with E-state index in [0.29, 0.717) is 23.2 Å². The number of ether oxygens (including phenoxy) is 1. The molecule has 0 amide bonds. The molecule has 0 atom stereocenters. The Hall–Kier alpha value is -3.38. The summed E-state index contributed by atoms with van der Waals surface area (Å²) >= 11 is 0. The molecule has 1 heterocycles. The maximum absolute atomic E-state index is 13.4. The van der Waals surface area contributed by atoms with Crippen molar-refractivity contribution in [2.45, 2.75) is 29.7 Å². The third kappa shape index (κ3) is 3.99. The molecule has 0 saturated carbocycles. The molecule has 5 nitrogen and oxygen atoms in total. The first-order valence-electron chi connectivity index (χ1n) is 10.0. The van der Waals surface area contributed by atoms with E-state index in [1.807, 2.05) is 37.3 Å². The number of aromatic nitrogens is 1. The standard InChI is InChI=1S/C25H23NO4S/c1-3-18-9-12-21(13-10-18)31(28,29)24-17-26(16-19-7-5-4-6-8-19)23-14-11-20(30-2)15-22(23)25(24)27/h4-15,17H,3,16H2,1-2H3. The van der Waals surface area contributed by atoms with Gasteiger partial charge in [0.2, 0.25) is 15.3 Å².